The lowest BCUT2D eigenvalue weighted by atomic mass is 10.0. The van der Waals surface area contributed by atoms with Crippen molar-refractivity contribution in [3.63, 3.8) is 0 Å². The molecule has 0 aliphatic carbocycles. The summed E-state index contributed by atoms with van der Waals surface area (Å²) in [5.41, 5.74) is 9.08. The van der Waals surface area contributed by atoms with Crippen LogP contribution in [0.5, 0.6) is 0 Å². The number of hydrogen-bond donors (Lipinski definition) is 1. The van der Waals surface area contributed by atoms with Crippen LogP contribution in [0.4, 0.5) is 18.9 Å². The first-order valence-electron chi connectivity index (χ1n) is 11.1. The fraction of sp³-hybridized carbons (Fsp3) is 0.565. The van der Waals surface area contributed by atoms with E-state index in [-0.39, 0.29) is 24.4 Å². The number of carbonyl (C=O) groups is 2. The van der Waals surface area contributed by atoms with Gasteiger partial charge < -0.3 is 25.2 Å². The molecule has 1 amide bonds. The molecule has 182 valence electrons. The molecule has 2 aliphatic heterocycles. The molecule has 10 heteroatoms. The molecule has 2 atom stereocenters. The Morgan fingerprint density at radius 1 is 1.12 bits per heavy atom. The lowest BCUT2D eigenvalue weighted by Crippen LogP contribution is -2.60. The number of nitrogens with zero attached hydrogens (tertiary/aromatic N) is 3. The van der Waals surface area contributed by atoms with Crippen LogP contribution in [-0.4, -0.2) is 59.9 Å². The van der Waals surface area contributed by atoms with E-state index in [2.05, 4.69) is 0 Å². The summed E-state index contributed by atoms with van der Waals surface area (Å²) in [7, 11) is 0. The maximum Gasteiger partial charge on any atom is 0.417 e. The number of fused-ring (bicyclic) bond motifs is 1. The summed E-state index contributed by atoms with van der Waals surface area (Å²) in [4.78, 5) is 29.5. The van der Waals surface area contributed by atoms with Crippen LogP contribution in [0.1, 0.15) is 43.4 Å². The zero-order valence-corrected chi connectivity index (χ0v) is 19.6. The number of nitrogens with two attached hydrogens (primary N) is 1. The van der Waals surface area contributed by atoms with Gasteiger partial charge in [-0.3, -0.25) is 4.79 Å². The number of anilines is 1. The van der Waals surface area contributed by atoms with Crippen LogP contribution >= 0.6 is 0 Å². The fourth-order valence-corrected chi connectivity index (χ4v) is 5.02. The van der Waals surface area contributed by atoms with Crippen LogP contribution in [0.2, 0.25) is 0 Å². The predicted octanol–water partition coefficient (Wildman–Crippen LogP) is 3.32. The molecular weight excluding hydrogens is 437 g/mol. The number of ether oxygens (including phenoxy) is 1. The highest BCUT2D eigenvalue weighted by atomic mass is 19.4. The van der Waals surface area contributed by atoms with Crippen molar-refractivity contribution in [3.05, 3.63) is 40.2 Å². The van der Waals surface area contributed by atoms with Gasteiger partial charge in [0.05, 0.1) is 6.61 Å². The first-order valence-corrected chi connectivity index (χ1v) is 11.1. The van der Waals surface area contributed by atoms with Gasteiger partial charge in [-0.2, -0.15) is 13.2 Å². The molecule has 2 heterocycles. The van der Waals surface area contributed by atoms with Gasteiger partial charge in [0.2, 0.25) is 11.9 Å². The van der Waals surface area contributed by atoms with Crippen molar-refractivity contribution in [1.29, 1.82) is 0 Å². The maximum atomic E-state index is 14.1. The standard InChI is InChI=1S/C23H31F3N4O3/c1-6-10-33-21(32)18-16(7-2)30(19(20(27)31)23(24,25)26)22-28(8-9-29(18)22)17-14(4)11-13(3)12-15(17)5/h11-12,19,22H,6-10H2,1-5H3,(H2,27,31). The van der Waals surface area contributed by atoms with Crippen molar-refractivity contribution in [2.45, 2.75) is 66.0 Å². The smallest absolute Gasteiger partial charge is 0.417 e. The highest BCUT2D eigenvalue weighted by Gasteiger charge is 2.58. The Balaban J connectivity index is 2.20. The van der Waals surface area contributed by atoms with E-state index >= 15 is 0 Å². The number of allylic oxidation sites excluding steroid dienone is 1. The second-order valence-corrected chi connectivity index (χ2v) is 8.52. The summed E-state index contributed by atoms with van der Waals surface area (Å²) in [6.45, 7) is 10.1. The van der Waals surface area contributed by atoms with E-state index in [0.717, 1.165) is 27.3 Å². The number of hydrogen-bond acceptors (Lipinski definition) is 6. The molecule has 3 rings (SSSR count). The van der Waals surface area contributed by atoms with E-state index < -0.39 is 30.4 Å². The average molecular weight is 469 g/mol. The van der Waals surface area contributed by atoms with Crippen molar-refractivity contribution in [2.75, 3.05) is 24.6 Å². The summed E-state index contributed by atoms with van der Waals surface area (Å²) < 4.78 is 47.7. The molecular formula is C23H31F3N4O3. The van der Waals surface area contributed by atoms with Gasteiger partial charge in [0.25, 0.3) is 0 Å². The quantitative estimate of drug-likeness (QED) is 0.619. The van der Waals surface area contributed by atoms with E-state index in [1.807, 2.05) is 44.7 Å². The van der Waals surface area contributed by atoms with Gasteiger partial charge in [0.15, 0.2) is 6.29 Å². The maximum absolute atomic E-state index is 14.1. The number of aryl methyl sites for hydroxylation is 3. The third kappa shape index (κ3) is 4.35. The minimum absolute atomic E-state index is 0.0661. The van der Waals surface area contributed by atoms with Gasteiger partial charge in [-0.05, 0) is 44.7 Å². The highest BCUT2D eigenvalue weighted by molar-refractivity contribution is 5.90. The molecule has 0 bridgehead atoms. The molecule has 1 aromatic rings. The van der Waals surface area contributed by atoms with Crippen molar-refractivity contribution in [2.24, 2.45) is 5.73 Å². The van der Waals surface area contributed by atoms with Crippen LogP contribution < -0.4 is 10.6 Å². The van der Waals surface area contributed by atoms with E-state index in [4.69, 9.17) is 10.5 Å². The number of rotatable bonds is 7. The van der Waals surface area contributed by atoms with Crippen LogP contribution in [0.3, 0.4) is 0 Å². The zero-order chi connectivity index (χ0) is 24.7. The number of halogens is 3. The summed E-state index contributed by atoms with van der Waals surface area (Å²) in [5, 5.41) is 0. The highest BCUT2D eigenvalue weighted by Crippen LogP contribution is 2.44. The Kier molecular flexibility index (Phi) is 6.85. The average Bonchev–Trinajstić information content (AvgIpc) is 3.23. The molecule has 0 spiro atoms. The lowest BCUT2D eigenvalue weighted by Gasteiger charge is -2.41. The SMILES string of the molecule is CCCOC(=O)C1=C(CC)N(C(C(N)=O)C(F)(F)F)C2N1CCN2c1c(C)cc(C)cc1C. The molecule has 1 saturated heterocycles. The van der Waals surface area contributed by atoms with Crippen molar-refractivity contribution in [3.8, 4) is 0 Å². The van der Waals surface area contributed by atoms with Crippen LogP contribution in [0, 0.1) is 20.8 Å². The first-order chi connectivity index (χ1) is 15.4. The van der Waals surface area contributed by atoms with Gasteiger partial charge in [-0.25, -0.2) is 4.79 Å². The number of benzene rings is 1. The third-order valence-corrected chi connectivity index (χ3v) is 6.01. The monoisotopic (exact) mass is 468 g/mol. The zero-order valence-electron chi connectivity index (χ0n) is 19.6. The summed E-state index contributed by atoms with van der Waals surface area (Å²) in [6, 6.07) is 1.34. The van der Waals surface area contributed by atoms with Gasteiger partial charge in [-0.1, -0.05) is 31.5 Å². The fourth-order valence-electron chi connectivity index (χ4n) is 5.02. The minimum Gasteiger partial charge on any atom is -0.461 e. The van der Waals surface area contributed by atoms with Crippen molar-refractivity contribution >= 4 is 17.6 Å². The van der Waals surface area contributed by atoms with Gasteiger partial charge in [0.1, 0.15) is 5.70 Å². The second kappa shape index (κ2) is 9.15. The summed E-state index contributed by atoms with van der Waals surface area (Å²) in [5.74, 6) is -2.20. The Morgan fingerprint density at radius 3 is 2.18 bits per heavy atom. The topological polar surface area (TPSA) is 79.1 Å². The first kappa shape index (κ1) is 24.7. The van der Waals surface area contributed by atoms with E-state index in [1.54, 1.807) is 11.8 Å². The molecule has 33 heavy (non-hydrogen) atoms. The van der Waals surface area contributed by atoms with Gasteiger partial charge in [0, 0.05) is 24.5 Å². The minimum atomic E-state index is -4.92. The third-order valence-electron chi connectivity index (χ3n) is 6.01. The molecule has 2 aliphatic rings. The molecule has 0 radical (unpaired) electrons. The Hall–Kier alpha value is -2.91. The Morgan fingerprint density at radius 2 is 1.70 bits per heavy atom. The molecule has 1 fully saturated rings. The lowest BCUT2D eigenvalue weighted by molar-refractivity contribution is -0.189. The number of primary amides is 1. The largest absolute Gasteiger partial charge is 0.461 e. The van der Waals surface area contributed by atoms with Gasteiger partial charge >= 0.3 is 12.1 Å². The van der Waals surface area contributed by atoms with E-state index in [1.165, 1.54) is 0 Å². The molecule has 2 N–H and O–H groups in total. The molecule has 0 aromatic heterocycles. The Labute approximate surface area is 191 Å². The molecule has 7 nitrogen and oxygen atoms in total. The Bertz CT molecular complexity index is 953. The van der Waals surface area contributed by atoms with Crippen LogP contribution in [0.25, 0.3) is 0 Å². The summed E-state index contributed by atoms with van der Waals surface area (Å²) in [6.07, 6.45) is -5.27. The normalized spacial score (nSPS) is 19.3. The van der Waals surface area contributed by atoms with Gasteiger partial charge in [-0.15, -0.1) is 0 Å². The number of amides is 1. The second-order valence-electron chi connectivity index (χ2n) is 8.52. The van der Waals surface area contributed by atoms with Crippen LogP contribution in [0.15, 0.2) is 23.5 Å². The van der Waals surface area contributed by atoms with E-state index in [0.29, 0.717) is 19.5 Å². The summed E-state index contributed by atoms with van der Waals surface area (Å²) >= 11 is 0. The number of esters is 1. The molecule has 0 saturated carbocycles. The number of alkyl halides is 3. The van der Waals surface area contributed by atoms with Crippen molar-refractivity contribution in [1.82, 2.24) is 9.80 Å². The molecule has 1 aromatic carbocycles. The number of carbonyl (C=O) groups excluding carboxylic acids is 2. The molecule has 2 unspecified atom stereocenters. The van der Waals surface area contributed by atoms with Crippen LogP contribution in [-0.2, 0) is 14.3 Å². The van der Waals surface area contributed by atoms with E-state index in [9.17, 15) is 22.8 Å². The van der Waals surface area contributed by atoms with Crippen molar-refractivity contribution < 1.29 is 27.5 Å². The predicted molar refractivity (Wildman–Crippen MR) is 118 cm³/mol.